The number of hydrogen-bond acceptors (Lipinski definition) is 5. The van der Waals surface area contributed by atoms with Crippen LogP contribution in [0.15, 0.2) is 23.3 Å². The van der Waals surface area contributed by atoms with Crippen molar-refractivity contribution in [2.45, 2.75) is 58.7 Å². The van der Waals surface area contributed by atoms with Crippen molar-refractivity contribution in [2.75, 3.05) is 19.7 Å². The second kappa shape index (κ2) is 8.61. The standard InChI is InChI=1S/C20H27F2NO6/c1-19(2,3)29-18(27)23-7-8-28-12(11-23)5-6-15(24)16-13(21)9-20(4,17(25)26)10-14(16)22/h9,12H,5-8,10-11H2,1-4H3,(H,25,26)/t12-,20?/m0/s1. The highest BCUT2D eigenvalue weighted by atomic mass is 19.1. The fourth-order valence-electron chi connectivity index (χ4n) is 3.17. The fourth-order valence-corrected chi connectivity index (χ4v) is 3.17. The van der Waals surface area contributed by atoms with E-state index in [4.69, 9.17) is 14.6 Å². The van der Waals surface area contributed by atoms with Gasteiger partial charge in [0.25, 0.3) is 0 Å². The van der Waals surface area contributed by atoms with Crippen LogP contribution in [0.3, 0.4) is 0 Å². The largest absolute Gasteiger partial charge is 0.481 e. The number of carbonyl (C=O) groups is 3. The summed E-state index contributed by atoms with van der Waals surface area (Å²) in [5.41, 5.74) is -3.07. The van der Waals surface area contributed by atoms with Gasteiger partial charge in [0.15, 0.2) is 5.78 Å². The molecular formula is C20H27F2NO6. The molecule has 2 aliphatic rings. The first-order valence-electron chi connectivity index (χ1n) is 9.46. The first kappa shape index (κ1) is 23.0. The third-order valence-corrected chi connectivity index (χ3v) is 4.73. The molecule has 7 nitrogen and oxygen atoms in total. The minimum atomic E-state index is -1.72. The number of carboxylic acid groups (broad SMARTS) is 1. The van der Waals surface area contributed by atoms with Crippen molar-refractivity contribution in [3.05, 3.63) is 23.3 Å². The number of ketones is 1. The highest BCUT2D eigenvalue weighted by Gasteiger charge is 2.40. The lowest BCUT2D eigenvalue weighted by molar-refractivity contribution is -0.145. The van der Waals surface area contributed by atoms with Crippen LogP contribution in [0.2, 0.25) is 0 Å². The summed E-state index contributed by atoms with van der Waals surface area (Å²) in [5, 5.41) is 9.13. The van der Waals surface area contributed by atoms with E-state index in [1.165, 1.54) is 11.8 Å². The van der Waals surface area contributed by atoms with Crippen LogP contribution < -0.4 is 0 Å². The Morgan fingerprint density at radius 3 is 2.55 bits per heavy atom. The van der Waals surface area contributed by atoms with Crippen molar-refractivity contribution in [1.82, 2.24) is 4.90 Å². The van der Waals surface area contributed by atoms with E-state index in [0.29, 0.717) is 6.54 Å². The van der Waals surface area contributed by atoms with E-state index in [1.54, 1.807) is 20.8 Å². The smallest absolute Gasteiger partial charge is 0.410 e. The predicted octanol–water partition coefficient (Wildman–Crippen LogP) is 3.54. The number of allylic oxidation sites excluding steroid dienone is 3. The van der Waals surface area contributed by atoms with Crippen molar-refractivity contribution in [2.24, 2.45) is 5.41 Å². The first-order valence-corrected chi connectivity index (χ1v) is 9.46. The zero-order valence-corrected chi connectivity index (χ0v) is 17.1. The minimum Gasteiger partial charge on any atom is -0.481 e. The number of carboxylic acids is 1. The zero-order valence-electron chi connectivity index (χ0n) is 17.1. The summed E-state index contributed by atoms with van der Waals surface area (Å²) in [6.45, 7) is 7.28. The molecule has 1 heterocycles. The number of ether oxygens (including phenoxy) is 2. The Balaban J connectivity index is 1.96. The molecule has 0 bridgehead atoms. The van der Waals surface area contributed by atoms with Crippen LogP contribution in [0.1, 0.15) is 47.0 Å². The monoisotopic (exact) mass is 415 g/mol. The molecule has 0 aromatic carbocycles. The lowest BCUT2D eigenvalue weighted by Gasteiger charge is -2.34. The van der Waals surface area contributed by atoms with Crippen LogP contribution in [-0.4, -0.2) is 59.3 Å². The van der Waals surface area contributed by atoms with Crippen LogP contribution >= 0.6 is 0 Å². The van der Waals surface area contributed by atoms with E-state index >= 15 is 0 Å². The van der Waals surface area contributed by atoms with Gasteiger partial charge in [0.2, 0.25) is 0 Å². The number of nitrogens with zero attached hydrogens (tertiary/aromatic N) is 1. The Hall–Kier alpha value is -2.29. The summed E-state index contributed by atoms with van der Waals surface area (Å²) in [4.78, 5) is 37.2. The van der Waals surface area contributed by atoms with Gasteiger partial charge < -0.3 is 19.5 Å². The van der Waals surface area contributed by atoms with E-state index in [9.17, 15) is 23.2 Å². The Labute approximate surface area is 168 Å². The van der Waals surface area contributed by atoms with E-state index in [0.717, 1.165) is 6.08 Å². The molecule has 1 aliphatic heterocycles. The molecule has 1 unspecified atom stereocenters. The van der Waals surface area contributed by atoms with Crippen molar-refractivity contribution in [3.8, 4) is 0 Å². The third kappa shape index (κ3) is 5.85. The number of amides is 1. The van der Waals surface area contributed by atoms with Crippen LogP contribution in [-0.2, 0) is 19.1 Å². The summed E-state index contributed by atoms with van der Waals surface area (Å²) < 4.78 is 39.4. The number of halogens is 2. The van der Waals surface area contributed by atoms with Gasteiger partial charge in [-0.3, -0.25) is 9.59 Å². The van der Waals surface area contributed by atoms with Crippen molar-refractivity contribution < 1.29 is 37.7 Å². The molecule has 2 rings (SSSR count). The van der Waals surface area contributed by atoms with Gasteiger partial charge in [0.05, 0.1) is 30.2 Å². The normalized spacial score (nSPS) is 25.5. The van der Waals surface area contributed by atoms with E-state index in [-0.39, 0.29) is 26.0 Å². The quantitative estimate of drug-likeness (QED) is 0.738. The molecule has 9 heteroatoms. The number of aliphatic carboxylic acids is 1. The Morgan fingerprint density at radius 2 is 2.00 bits per heavy atom. The van der Waals surface area contributed by atoms with E-state index < -0.39 is 58.6 Å². The van der Waals surface area contributed by atoms with Crippen LogP contribution in [0.25, 0.3) is 0 Å². The second-order valence-corrected chi connectivity index (χ2v) is 8.55. The van der Waals surface area contributed by atoms with Gasteiger partial charge in [-0.25, -0.2) is 13.6 Å². The van der Waals surface area contributed by atoms with Gasteiger partial charge in [-0.05, 0) is 40.2 Å². The molecule has 1 aliphatic carbocycles. The SMILES string of the molecule is CC(C)(C)OC(=O)N1CCO[C@@H](CCC(=O)C2=C(F)CC(C)(C(=O)O)C=C2F)C1. The molecular weight excluding hydrogens is 388 g/mol. The topological polar surface area (TPSA) is 93.1 Å². The Morgan fingerprint density at radius 1 is 1.34 bits per heavy atom. The third-order valence-electron chi connectivity index (χ3n) is 4.73. The number of rotatable bonds is 5. The molecule has 0 spiro atoms. The highest BCUT2D eigenvalue weighted by molar-refractivity contribution is 6.00. The molecule has 0 aromatic rings. The number of morpholine rings is 1. The molecule has 0 saturated carbocycles. The second-order valence-electron chi connectivity index (χ2n) is 8.55. The maximum Gasteiger partial charge on any atom is 0.410 e. The number of carbonyl (C=O) groups excluding carboxylic acids is 2. The highest BCUT2D eigenvalue weighted by Crippen LogP contribution is 2.39. The minimum absolute atomic E-state index is 0.165. The van der Waals surface area contributed by atoms with Crippen LogP contribution in [0.4, 0.5) is 13.6 Å². The van der Waals surface area contributed by atoms with Gasteiger partial charge in [-0.15, -0.1) is 0 Å². The van der Waals surface area contributed by atoms with Crippen molar-refractivity contribution in [1.29, 1.82) is 0 Å². The molecule has 162 valence electrons. The summed E-state index contributed by atoms with van der Waals surface area (Å²) in [7, 11) is 0. The lowest BCUT2D eigenvalue weighted by atomic mass is 9.79. The van der Waals surface area contributed by atoms with Gasteiger partial charge in [-0.2, -0.15) is 0 Å². The zero-order chi connectivity index (χ0) is 22.0. The van der Waals surface area contributed by atoms with Crippen LogP contribution in [0.5, 0.6) is 0 Å². The van der Waals surface area contributed by atoms with Gasteiger partial charge >= 0.3 is 12.1 Å². The predicted molar refractivity (Wildman–Crippen MR) is 99.5 cm³/mol. The first-order chi connectivity index (χ1) is 13.3. The number of Topliss-reactive ketones (excluding diaryl/α,β-unsaturated/α-hetero) is 1. The Kier molecular flexibility index (Phi) is 6.82. The molecule has 1 fully saturated rings. The summed E-state index contributed by atoms with van der Waals surface area (Å²) in [5.74, 6) is -4.36. The summed E-state index contributed by atoms with van der Waals surface area (Å²) in [6.07, 6.45) is -0.793. The summed E-state index contributed by atoms with van der Waals surface area (Å²) in [6, 6.07) is 0. The van der Waals surface area contributed by atoms with Gasteiger partial charge in [-0.1, -0.05) is 0 Å². The number of hydrogen-bond donors (Lipinski definition) is 1. The molecule has 1 saturated heterocycles. The van der Waals surface area contributed by atoms with Gasteiger partial charge in [0, 0.05) is 19.4 Å². The fraction of sp³-hybridized carbons (Fsp3) is 0.650. The van der Waals surface area contributed by atoms with Gasteiger partial charge in [0.1, 0.15) is 17.3 Å². The molecule has 1 amide bonds. The van der Waals surface area contributed by atoms with Crippen LogP contribution in [0, 0.1) is 5.41 Å². The maximum absolute atomic E-state index is 14.3. The van der Waals surface area contributed by atoms with Crippen molar-refractivity contribution >= 4 is 17.8 Å². The lowest BCUT2D eigenvalue weighted by Crippen LogP contribution is -2.47. The average Bonchev–Trinajstić information content (AvgIpc) is 2.58. The molecule has 0 radical (unpaired) electrons. The Bertz CT molecular complexity index is 755. The van der Waals surface area contributed by atoms with E-state index in [1.807, 2.05) is 0 Å². The molecule has 29 heavy (non-hydrogen) atoms. The maximum atomic E-state index is 14.3. The average molecular weight is 415 g/mol. The molecule has 1 N–H and O–H groups in total. The molecule has 0 aromatic heterocycles. The van der Waals surface area contributed by atoms with E-state index in [2.05, 4.69) is 0 Å². The van der Waals surface area contributed by atoms with Crippen molar-refractivity contribution in [3.63, 3.8) is 0 Å². The summed E-state index contributed by atoms with van der Waals surface area (Å²) >= 11 is 0. The molecule has 2 atom stereocenters.